The fourth-order valence-corrected chi connectivity index (χ4v) is 3.74. The van der Waals surface area contributed by atoms with Gasteiger partial charge in [0.05, 0.1) is 4.88 Å². The SMILES string of the molecule is Cc1ccccc1CNC(=O)COC(=O)c1csc(-c2cccs2)n1. The number of aromatic nitrogens is 1. The summed E-state index contributed by atoms with van der Waals surface area (Å²) >= 11 is 2.93. The van der Waals surface area contributed by atoms with Gasteiger partial charge in [0.2, 0.25) is 0 Å². The molecule has 0 fully saturated rings. The molecular formula is C18H16N2O3S2. The summed E-state index contributed by atoms with van der Waals surface area (Å²) in [5.41, 5.74) is 2.35. The van der Waals surface area contributed by atoms with Crippen LogP contribution in [-0.4, -0.2) is 23.5 Å². The van der Waals surface area contributed by atoms with Gasteiger partial charge in [-0.1, -0.05) is 30.3 Å². The monoisotopic (exact) mass is 372 g/mol. The molecule has 0 aliphatic rings. The van der Waals surface area contributed by atoms with E-state index in [9.17, 15) is 9.59 Å². The number of hydrogen-bond donors (Lipinski definition) is 1. The minimum Gasteiger partial charge on any atom is -0.451 e. The predicted molar refractivity (Wildman–Crippen MR) is 98.7 cm³/mol. The summed E-state index contributed by atoms with van der Waals surface area (Å²) in [4.78, 5) is 29.1. The molecule has 128 valence electrons. The number of carbonyl (C=O) groups excluding carboxylic acids is 2. The Morgan fingerprint density at radius 1 is 1.16 bits per heavy atom. The zero-order chi connectivity index (χ0) is 17.6. The maximum absolute atomic E-state index is 12.0. The van der Waals surface area contributed by atoms with E-state index in [0.29, 0.717) is 6.54 Å². The normalized spacial score (nSPS) is 10.4. The molecule has 0 aliphatic carbocycles. The topological polar surface area (TPSA) is 68.3 Å². The van der Waals surface area contributed by atoms with Crippen LogP contribution < -0.4 is 5.32 Å². The Hall–Kier alpha value is -2.51. The first-order valence-corrected chi connectivity index (χ1v) is 9.37. The molecule has 0 unspecified atom stereocenters. The Balaban J connectivity index is 1.49. The largest absolute Gasteiger partial charge is 0.451 e. The number of rotatable bonds is 6. The zero-order valence-corrected chi connectivity index (χ0v) is 15.2. The first-order valence-electron chi connectivity index (χ1n) is 7.61. The molecule has 1 N–H and O–H groups in total. The van der Waals surface area contributed by atoms with Crippen molar-refractivity contribution in [2.75, 3.05) is 6.61 Å². The van der Waals surface area contributed by atoms with Gasteiger partial charge in [0.25, 0.3) is 5.91 Å². The lowest BCUT2D eigenvalue weighted by atomic mass is 10.1. The van der Waals surface area contributed by atoms with Crippen molar-refractivity contribution in [3.8, 4) is 9.88 Å². The van der Waals surface area contributed by atoms with Gasteiger partial charge in [-0.05, 0) is 29.5 Å². The third-order valence-electron chi connectivity index (χ3n) is 3.52. The van der Waals surface area contributed by atoms with E-state index in [1.54, 1.807) is 16.7 Å². The number of nitrogens with zero attached hydrogens (tertiary/aromatic N) is 1. The van der Waals surface area contributed by atoms with Crippen LogP contribution in [-0.2, 0) is 16.1 Å². The summed E-state index contributed by atoms with van der Waals surface area (Å²) in [6.45, 7) is 2.06. The molecule has 3 rings (SSSR count). The highest BCUT2D eigenvalue weighted by Gasteiger charge is 2.15. The first kappa shape index (κ1) is 17.3. The van der Waals surface area contributed by atoms with Gasteiger partial charge in [-0.25, -0.2) is 9.78 Å². The third-order valence-corrected chi connectivity index (χ3v) is 5.40. The standard InChI is InChI=1S/C18H16N2O3S2/c1-12-5-2-3-6-13(12)9-19-16(21)10-23-18(22)14-11-25-17(20-14)15-7-4-8-24-15/h2-8,11H,9-10H2,1H3,(H,19,21). The van der Waals surface area contributed by atoms with Gasteiger partial charge in [0.1, 0.15) is 5.01 Å². The molecule has 2 heterocycles. The van der Waals surface area contributed by atoms with Crippen molar-refractivity contribution in [2.24, 2.45) is 0 Å². The van der Waals surface area contributed by atoms with E-state index in [1.807, 2.05) is 48.7 Å². The van der Waals surface area contributed by atoms with Crippen molar-refractivity contribution in [1.82, 2.24) is 10.3 Å². The van der Waals surface area contributed by atoms with E-state index in [0.717, 1.165) is 21.0 Å². The molecule has 0 bridgehead atoms. The van der Waals surface area contributed by atoms with Crippen LogP contribution in [0.3, 0.4) is 0 Å². The number of amides is 1. The molecule has 0 atom stereocenters. The van der Waals surface area contributed by atoms with E-state index in [1.165, 1.54) is 11.3 Å². The zero-order valence-electron chi connectivity index (χ0n) is 13.5. The number of esters is 1. The van der Waals surface area contributed by atoms with Gasteiger partial charge in [0, 0.05) is 11.9 Å². The molecule has 0 spiro atoms. The molecule has 0 saturated heterocycles. The summed E-state index contributed by atoms with van der Waals surface area (Å²) in [6.07, 6.45) is 0. The summed E-state index contributed by atoms with van der Waals surface area (Å²) < 4.78 is 5.04. The second-order valence-corrected chi connectivity index (χ2v) is 7.10. The van der Waals surface area contributed by atoms with Gasteiger partial charge in [0.15, 0.2) is 12.3 Å². The van der Waals surface area contributed by atoms with Crippen LogP contribution in [0.4, 0.5) is 0 Å². The first-order chi connectivity index (χ1) is 12.1. The summed E-state index contributed by atoms with van der Waals surface area (Å²) in [6, 6.07) is 11.7. The number of aryl methyl sites for hydroxylation is 1. The van der Waals surface area contributed by atoms with E-state index >= 15 is 0 Å². The average molecular weight is 372 g/mol. The number of carbonyl (C=O) groups is 2. The molecule has 0 aliphatic heterocycles. The number of ether oxygens (including phenoxy) is 1. The van der Waals surface area contributed by atoms with Gasteiger partial charge >= 0.3 is 5.97 Å². The van der Waals surface area contributed by atoms with Gasteiger partial charge in [-0.3, -0.25) is 4.79 Å². The predicted octanol–water partition coefficient (Wildman–Crippen LogP) is 3.65. The van der Waals surface area contributed by atoms with Crippen LogP contribution in [0, 0.1) is 6.92 Å². The van der Waals surface area contributed by atoms with E-state index in [4.69, 9.17) is 4.74 Å². The molecule has 25 heavy (non-hydrogen) atoms. The fourth-order valence-electron chi connectivity index (χ4n) is 2.14. The van der Waals surface area contributed by atoms with E-state index in [-0.39, 0.29) is 18.2 Å². The average Bonchev–Trinajstić information content (AvgIpc) is 3.30. The highest BCUT2D eigenvalue weighted by molar-refractivity contribution is 7.20. The van der Waals surface area contributed by atoms with Gasteiger partial charge in [-0.2, -0.15) is 0 Å². The van der Waals surface area contributed by atoms with Gasteiger partial charge < -0.3 is 10.1 Å². The van der Waals surface area contributed by atoms with Crippen LogP contribution in [0.2, 0.25) is 0 Å². The molecule has 5 nitrogen and oxygen atoms in total. The Bertz CT molecular complexity index is 872. The van der Waals surface area contributed by atoms with Crippen LogP contribution >= 0.6 is 22.7 Å². The Kier molecular flexibility index (Phi) is 5.57. The number of thiophene rings is 1. The summed E-state index contributed by atoms with van der Waals surface area (Å²) in [5, 5.41) is 7.10. The molecular weight excluding hydrogens is 356 g/mol. The fraction of sp³-hybridized carbons (Fsp3) is 0.167. The molecule has 3 aromatic rings. The van der Waals surface area contributed by atoms with Crippen LogP contribution in [0.1, 0.15) is 21.6 Å². The molecule has 7 heteroatoms. The second kappa shape index (κ2) is 8.04. The lowest BCUT2D eigenvalue weighted by Crippen LogP contribution is -2.28. The maximum Gasteiger partial charge on any atom is 0.358 e. The smallest absolute Gasteiger partial charge is 0.358 e. The van der Waals surface area contributed by atoms with Crippen LogP contribution in [0.15, 0.2) is 47.2 Å². The minimum absolute atomic E-state index is 0.222. The Labute approximate surface area is 153 Å². The lowest BCUT2D eigenvalue weighted by Gasteiger charge is -2.08. The molecule has 0 saturated carbocycles. The van der Waals surface area contributed by atoms with Crippen LogP contribution in [0.5, 0.6) is 0 Å². The number of nitrogens with one attached hydrogen (secondary N) is 1. The van der Waals surface area contributed by atoms with E-state index in [2.05, 4.69) is 10.3 Å². The second-order valence-electron chi connectivity index (χ2n) is 5.29. The number of hydrogen-bond acceptors (Lipinski definition) is 6. The maximum atomic E-state index is 12.0. The van der Waals surface area contributed by atoms with Crippen molar-refractivity contribution < 1.29 is 14.3 Å². The van der Waals surface area contributed by atoms with Gasteiger partial charge in [-0.15, -0.1) is 22.7 Å². The van der Waals surface area contributed by atoms with Crippen molar-refractivity contribution in [1.29, 1.82) is 0 Å². The molecule has 2 aromatic heterocycles. The van der Waals surface area contributed by atoms with Crippen molar-refractivity contribution >= 4 is 34.6 Å². The Morgan fingerprint density at radius 2 is 2.00 bits per heavy atom. The number of benzene rings is 1. The van der Waals surface area contributed by atoms with Crippen molar-refractivity contribution in [3.05, 3.63) is 64.0 Å². The highest BCUT2D eigenvalue weighted by Crippen LogP contribution is 2.27. The summed E-state index contributed by atoms with van der Waals surface area (Å²) in [7, 11) is 0. The Morgan fingerprint density at radius 3 is 2.76 bits per heavy atom. The van der Waals surface area contributed by atoms with E-state index < -0.39 is 5.97 Å². The highest BCUT2D eigenvalue weighted by atomic mass is 32.1. The van der Waals surface area contributed by atoms with Crippen molar-refractivity contribution in [3.63, 3.8) is 0 Å². The minimum atomic E-state index is -0.593. The third kappa shape index (κ3) is 4.52. The molecule has 1 amide bonds. The quantitative estimate of drug-likeness (QED) is 0.671. The molecule has 0 radical (unpaired) electrons. The molecule has 1 aromatic carbocycles. The lowest BCUT2D eigenvalue weighted by molar-refractivity contribution is -0.124. The van der Waals surface area contributed by atoms with Crippen molar-refractivity contribution in [2.45, 2.75) is 13.5 Å². The summed E-state index contributed by atoms with van der Waals surface area (Å²) in [5.74, 6) is -0.935. The number of thiazole rings is 1. The van der Waals surface area contributed by atoms with Crippen LogP contribution in [0.25, 0.3) is 9.88 Å².